The van der Waals surface area contributed by atoms with E-state index >= 15 is 0 Å². The van der Waals surface area contributed by atoms with E-state index in [1.165, 1.54) is 32.1 Å². The standard InChI is InChI=1S/C15H31NO2Si/c1-19(2,3)18-15(14-7-5-4-6-8-14)13-16-9-11-17-12-10-16/h14-15H,4-13H2,1-3H3. The summed E-state index contributed by atoms with van der Waals surface area (Å²) in [5, 5.41) is 0. The smallest absolute Gasteiger partial charge is 0.184 e. The third-order valence-corrected chi connectivity index (χ3v) is 5.23. The molecule has 0 aromatic rings. The summed E-state index contributed by atoms with van der Waals surface area (Å²) in [6.45, 7) is 12.0. The fourth-order valence-electron chi connectivity index (χ4n) is 3.28. The van der Waals surface area contributed by atoms with Gasteiger partial charge in [0.05, 0.1) is 19.3 Å². The van der Waals surface area contributed by atoms with Gasteiger partial charge in [-0.3, -0.25) is 4.90 Å². The molecule has 0 aromatic carbocycles. The lowest BCUT2D eigenvalue weighted by Crippen LogP contribution is -2.47. The summed E-state index contributed by atoms with van der Waals surface area (Å²) in [5.41, 5.74) is 0. The average molecular weight is 286 g/mol. The lowest BCUT2D eigenvalue weighted by Gasteiger charge is -2.38. The van der Waals surface area contributed by atoms with Crippen molar-refractivity contribution >= 4 is 8.32 Å². The van der Waals surface area contributed by atoms with Crippen LogP contribution >= 0.6 is 0 Å². The van der Waals surface area contributed by atoms with Crippen LogP contribution in [0, 0.1) is 5.92 Å². The van der Waals surface area contributed by atoms with Crippen molar-refractivity contribution in [2.75, 3.05) is 32.8 Å². The molecule has 1 aliphatic heterocycles. The van der Waals surface area contributed by atoms with Crippen LogP contribution in [0.15, 0.2) is 0 Å². The van der Waals surface area contributed by atoms with E-state index < -0.39 is 8.32 Å². The zero-order chi connectivity index (χ0) is 13.7. The Hall–Kier alpha value is 0.0969. The predicted octanol–water partition coefficient (Wildman–Crippen LogP) is 3.12. The summed E-state index contributed by atoms with van der Waals surface area (Å²) in [6, 6.07) is 0. The first-order valence-electron chi connectivity index (χ1n) is 8.02. The molecule has 0 radical (unpaired) electrons. The third-order valence-electron chi connectivity index (χ3n) is 4.22. The van der Waals surface area contributed by atoms with E-state index in [0.717, 1.165) is 38.8 Å². The van der Waals surface area contributed by atoms with Crippen LogP contribution in [0.1, 0.15) is 32.1 Å². The molecule has 2 aliphatic rings. The fourth-order valence-corrected chi connectivity index (χ4v) is 4.46. The first-order valence-corrected chi connectivity index (χ1v) is 11.4. The zero-order valence-corrected chi connectivity index (χ0v) is 14.0. The van der Waals surface area contributed by atoms with E-state index in [4.69, 9.17) is 9.16 Å². The highest BCUT2D eigenvalue weighted by molar-refractivity contribution is 6.69. The van der Waals surface area contributed by atoms with Crippen LogP contribution in [0.4, 0.5) is 0 Å². The number of hydrogen-bond donors (Lipinski definition) is 0. The maximum atomic E-state index is 6.54. The Morgan fingerprint density at radius 2 is 1.74 bits per heavy atom. The maximum absolute atomic E-state index is 6.54. The highest BCUT2D eigenvalue weighted by atomic mass is 28.4. The number of rotatable bonds is 5. The zero-order valence-electron chi connectivity index (χ0n) is 13.0. The molecular weight excluding hydrogens is 254 g/mol. The second-order valence-electron chi connectivity index (χ2n) is 7.08. The predicted molar refractivity (Wildman–Crippen MR) is 82.1 cm³/mol. The molecule has 2 rings (SSSR count). The lowest BCUT2D eigenvalue weighted by atomic mass is 9.85. The molecule has 3 nitrogen and oxygen atoms in total. The second kappa shape index (κ2) is 7.20. The van der Waals surface area contributed by atoms with Crippen molar-refractivity contribution in [1.29, 1.82) is 0 Å². The van der Waals surface area contributed by atoms with Crippen LogP contribution in [0.5, 0.6) is 0 Å². The molecule has 1 aliphatic carbocycles. The van der Waals surface area contributed by atoms with Gasteiger partial charge in [0.1, 0.15) is 0 Å². The van der Waals surface area contributed by atoms with E-state index in [0.29, 0.717) is 6.10 Å². The minimum atomic E-state index is -1.45. The van der Waals surface area contributed by atoms with E-state index in [1.54, 1.807) is 0 Å². The normalized spacial score (nSPS) is 25.4. The summed E-state index contributed by atoms with van der Waals surface area (Å²) in [6.07, 6.45) is 7.44. The highest BCUT2D eigenvalue weighted by Gasteiger charge is 2.30. The fraction of sp³-hybridized carbons (Fsp3) is 1.00. The van der Waals surface area contributed by atoms with Crippen molar-refractivity contribution in [2.45, 2.75) is 57.8 Å². The Labute approximate surface area is 119 Å². The van der Waals surface area contributed by atoms with Crippen molar-refractivity contribution in [3.05, 3.63) is 0 Å². The van der Waals surface area contributed by atoms with Gasteiger partial charge in [0.2, 0.25) is 0 Å². The summed E-state index contributed by atoms with van der Waals surface area (Å²) >= 11 is 0. The van der Waals surface area contributed by atoms with E-state index in [2.05, 4.69) is 24.5 Å². The summed E-state index contributed by atoms with van der Waals surface area (Å²) in [7, 11) is -1.45. The summed E-state index contributed by atoms with van der Waals surface area (Å²) in [5.74, 6) is 0.795. The molecule has 0 aromatic heterocycles. The monoisotopic (exact) mass is 285 g/mol. The molecule has 4 heteroatoms. The van der Waals surface area contributed by atoms with Crippen LogP contribution in [0.3, 0.4) is 0 Å². The number of morpholine rings is 1. The number of hydrogen-bond acceptors (Lipinski definition) is 3. The molecule has 1 atom stereocenters. The molecule has 0 bridgehead atoms. The molecule has 2 fully saturated rings. The molecule has 1 heterocycles. The van der Waals surface area contributed by atoms with E-state index in [9.17, 15) is 0 Å². The van der Waals surface area contributed by atoms with Gasteiger partial charge in [-0.05, 0) is 38.4 Å². The van der Waals surface area contributed by atoms with Gasteiger partial charge >= 0.3 is 0 Å². The van der Waals surface area contributed by atoms with Gasteiger partial charge in [-0.15, -0.1) is 0 Å². The molecule has 0 amide bonds. The van der Waals surface area contributed by atoms with Crippen molar-refractivity contribution in [3.8, 4) is 0 Å². The Balaban J connectivity index is 1.91. The molecule has 0 spiro atoms. The van der Waals surface area contributed by atoms with Gasteiger partial charge in [-0.25, -0.2) is 0 Å². The molecule has 19 heavy (non-hydrogen) atoms. The van der Waals surface area contributed by atoms with Crippen LogP contribution in [-0.2, 0) is 9.16 Å². The van der Waals surface area contributed by atoms with Crippen LogP contribution in [0.2, 0.25) is 19.6 Å². The molecular formula is C15H31NO2Si. The number of nitrogens with zero attached hydrogens (tertiary/aromatic N) is 1. The van der Waals surface area contributed by atoms with Crippen molar-refractivity contribution in [1.82, 2.24) is 4.90 Å². The lowest BCUT2D eigenvalue weighted by molar-refractivity contribution is 0.00139. The maximum Gasteiger partial charge on any atom is 0.184 e. The van der Waals surface area contributed by atoms with Crippen molar-refractivity contribution in [2.24, 2.45) is 5.92 Å². The number of ether oxygens (including phenoxy) is 1. The third kappa shape index (κ3) is 5.54. The van der Waals surface area contributed by atoms with Gasteiger partial charge in [0, 0.05) is 19.6 Å². The SMILES string of the molecule is C[Si](C)(C)OC(CN1CCOCC1)C1CCCCC1. The largest absolute Gasteiger partial charge is 0.413 e. The minimum absolute atomic E-state index is 0.463. The molecule has 1 saturated heterocycles. The quantitative estimate of drug-likeness (QED) is 0.725. The van der Waals surface area contributed by atoms with Crippen LogP contribution < -0.4 is 0 Å². The Bertz CT molecular complexity index is 255. The Kier molecular flexibility index (Phi) is 5.87. The van der Waals surface area contributed by atoms with Crippen LogP contribution in [0.25, 0.3) is 0 Å². The van der Waals surface area contributed by atoms with Gasteiger partial charge in [-0.2, -0.15) is 0 Å². The van der Waals surface area contributed by atoms with E-state index in [1.807, 2.05) is 0 Å². The Morgan fingerprint density at radius 3 is 2.32 bits per heavy atom. The van der Waals surface area contributed by atoms with Gasteiger partial charge in [0.25, 0.3) is 0 Å². The van der Waals surface area contributed by atoms with Gasteiger partial charge in [0.15, 0.2) is 8.32 Å². The first-order chi connectivity index (χ1) is 9.04. The van der Waals surface area contributed by atoms with Crippen molar-refractivity contribution < 1.29 is 9.16 Å². The van der Waals surface area contributed by atoms with Crippen LogP contribution in [-0.4, -0.2) is 52.2 Å². The van der Waals surface area contributed by atoms with Crippen molar-refractivity contribution in [3.63, 3.8) is 0 Å². The highest BCUT2D eigenvalue weighted by Crippen LogP contribution is 2.30. The minimum Gasteiger partial charge on any atom is -0.413 e. The first kappa shape index (κ1) is 15.5. The van der Waals surface area contributed by atoms with E-state index in [-0.39, 0.29) is 0 Å². The topological polar surface area (TPSA) is 21.7 Å². The molecule has 1 unspecified atom stereocenters. The summed E-state index contributed by atoms with van der Waals surface area (Å²) in [4.78, 5) is 2.54. The molecule has 112 valence electrons. The second-order valence-corrected chi connectivity index (χ2v) is 11.5. The van der Waals surface area contributed by atoms with Gasteiger partial charge in [-0.1, -0.05) is 19.3 Å². The molecule has 1 saturated carbocycles. The van der Waals surface area contributed by atoms with Gasteiger partial charge < -0.3 is 9.16 Å². The average Bonchev–Trinajstić information content (AvgIpc) is 2.39. The Morgan fingerprint density at radius 1 is 1.11 bits per heavy atom. The summed E-state index contributed by atoms with van der Waals surface area (Å²) < 4.78 is 12.0. The molecule has 0 N–H and O–H groups in total.